The number of nitrogens with zero attached hydrogens (tertiary/aromatic N) is 4. The van der Waals surface area contributed by atoms with Crippen LogP contribution in [0.1, 0.15) is 21.7 Å². The molecule has 33 heavy (non-hydrogen) atoms. The molecule has 0 atom stereocenters. The minimum Gasteiger partial charge on any atom is -0.379 e. The number of aryl methyl sites for hydroxylation is 2. The molecule has 0 radical (unpaired) electrons. The number of anilines is 1. The molecule has 1 N–H and O–H groups in total. The predicted molar refractivity (Wildman–Crippen MR) is 130 cm³/mol. The predicted octanol–water partition coefficient (Wildman–Crippen LogP) is 4.03. The first-order valence-electron chi connectivity index (χ1n) is 11.4. The van der Waals surface area contributed by atoms with Gasteiger partial charge in [0.25, 0.3) is 5.91 Å². The third kappa shape index (κ3) is 4.69. The molecule has 1 aliphatic heterocycles. The fourth-order valence-corrected chi connectivity index (χ4v) is 4.39. The van der Waals surface area contributed by atoms with Gasteiger partial charge in [0.05, 0.1) is 24.6 Å². The Balaban J connectivity index is 1.25. The molecule has 1 aliphatic rings. The number of ether oxygens (including phenoxy) is 1. The lowest BCUT2D eigenvalue weighted by molar-refractivity contribution is 0.0365. The third-order valence-electron chi connectivity index (χ3n) is 6.17. The number of benzene rings is 2. The zero-order valence-electron chi connectivity index (χ0n) is 19.1. The van der Waals surface area contributed by atoms with Crippen LogP contribution in [0.2, 0.25) is 0 Å². The summed E-state index contributed by atoms with van der Waals surface area (Å²) < 4.78 is 9.58. The first kappa shape index (κ1) is 21.4. The molecule has 4 aromatic rings. The van der Waals surface area contributed by atoms with E-state index in [-0.39, 0.29) is 5.91 Å². The van der Waals surface area contributed by atoms with Crippen molar-refractivity contribution < 1.29 is 9.53 Å². The van der Waals surface area contributed by atoms with Gasteiger partial charge in [-0.05, 0) is 68.4 Å². The van der Waals surface area contributed by atoms with Crippen LogP contribution in [0.4, 0.5) is 5.69 Å². The highest BCUT2D eigenvalue weighted by atomic mass is 16.5. The van der Waals surface area contributed by atoms with Crippen LogP contribution in [0.15, 0.2) is 60.8 Å². The number of carbonyl (C=O) groups excluding carboxylic acids is 1. The molecule has 1 fully saturated rings. The van der Waals surface area contributed by atoms with Crippen molar-refractivity contribution in [2.45, 2.75) is 20.4 Å². The highest BCUT2D eigenvalue weighted by molar-refractivity contribution is 6.05. The second kappa shape index (κ2) is 9.21. The minimum atomic E-state index is -0.124. The molecule has 0 unspecified atom stereocenters. The van der Waals surface area contributed by atoms with Gasteiger partial charge in [0, 0.05) is 60.2 Å². The summed E-state index contributed by atoms with van der Waals surface area (Å²) in [4.78, 5) is 15.2. The van der Waals surface area contributed by atoms with Crippen molar-refractivity contribution in [3.63, 3.8) is 0 Å². The van der Waals surface area contributed by atoms with E-state index in [0.717, 1.165) is 67.5 Å². The van der Waals surface area contributed by atoms with Gasteiger partial charge in [-0.1, -0.05) is 0 Å². The molecule has 7 heteroatoms. The zero-order chi connectivity index (χ0) is 22.8. The van der Waals surface area contributed by atoms with Crippen molar-refractivity contribution in [3.05, 3.63) is 77.7 Å². The van der Waals surface area contributed by atoms with Crippen LogP contribution in [0, 0.1) is 13.8 Å². The van der Waals surface area contributed by atoms with E-state index >= 15 is 0 Å². The molecule has 0 aliphatic carbocycles. The Kier molecular flexibility index (Phi) is 5.98. The first-order valence-corrected chi connectivity index (χ1v) is 11.4. The van der Waals surface area contributed by atoms with Gasteiger partial charge in [0.2, 0.25) is 0 Å². The zero-order valence-corrected chi connectivity index (χ0v) is 19.1. The van der Waals surface area contributed by atoms with E-state index in [4.69, 9.17) is 4.74 Å². The van der Waals surface area contributed by atoms with E-state index in [0.29, 0.717) is 5.56 Å². The molecule has 5 rings (SSSR count). The second-order valence-electron chi connectivity index (χ2n) is 8.58. The third-order valence-corrected chi connectivity index (χ3v) is 6.17. The highest BCUT2D eigenvalue weighted by Gasteiger charge is 2.12. The summed E-state index contributed by atoms with van der Waals surface area (Å²) >= 11 is 0. The first-order chi connectivity index (χ1) is 16.1. The standard InChI is InChI=1S/C26H29N5O2/c1-19-17-20(2)31(28-19)24-6-3-21(4-7-24)26(32)27-23-5-8-25-22(18-23)9-10-30(25)12-11-29-13-15-33-16-14-29/h3-10,17-18H,11-16H2,1-2H3,(H,27,32). The molecular weight excluding hydrogens is 414 g/mol. The Bertz CT molecular complexity index is 1270. The van der Waals surface area contributed by atoms with Crippen molar-refractivity contribution in [1.29, 1.82) is 0 Å². The smallest absolute Gasteiger partial charge is 0.255 e. The monoisotopic (exact) mass is 443 g/mol. The molecule has 0 saturated carbocycles. The van der Waals surface area contributed by atoms with E-state index in [1.165, 1.54) is 5.52 Å². The van der Waals surface area contributed by atoms with Crippen LogP contribution in [-0.4, -0.2) is 58.0 Å². The summed E-state index contributed by atoms with van der Waals surface area (Å²) in [5.41, 5.74) is 5.56. The van der Waals surface area contributed by atoms with E-state index in [2.05, 4.69) is 38.2 Å². The molecule has 2 aromatic heterocycles. The minimum absolute atomic E-state index is 0.124. The summed E-state index contributed by atoms with van der Waals surface area (Å²) in [6, 6.07) is 17.7. The molecule has 1 saturated heterocycles. The Hall–Kier alpha value is -3.42. The van der Waals surface area contributed by atoms with Crippen LogP contribution in [0.3, 0.4) is 0 Å². The van der Waals surface area contributed by atoms with Gasteiger partial charge in [0.1, 0.15) is 0 Å². The van der Waals surface area contributed by atoms with Crippen molar-refractivity contribution >= 4 is 22.5 Å². The molecular formula is C26H29N5O2. The van der Waals surface area contributed by atoms with E-state index in [1.54, 1.807) is 0 Å². The molecule has 3 heterocycles. The number of aromatic nitrogens is 3. The molecule has 1 amide bonds. The molecule has 2 aromatic carbocycles. The van der Waals surface area contributed by atoms with Gasteiger partial charge in [-0.3, -0.25) is 9.69 Å². The number of hydrogen-bond donors (Lipinski definition) is 1. The van der Waals surface area contributed by atoms with Crippen LogP contribution in [-0.2, 0) is 11.3 Å². The topological polar surface area (TPSA) is 64.3 Å². The van der Waals surface area contributed by atoms with Gasteiger partial charge >= 0.3 is 0 Å². The quantitative estimate of drug-likeness (QED) is 0.489. The average Bonchev–Trinajstić information content (AvgIpc) is 3.40. The Labute approximate surface area is 193 Å². The fourth-order valence-electron chi connectivity index (χ4n) is 4.39. The summed E-state index contributed by atoms with van der Waals surface area (Å²) in [6.07, 6.45) is 2.12. The van der Waals surface area contributed by atoms with Crippen LogP contribution in [0.5, 0.6) is 0 Å². The van der Waals surface area contributed by atoms with Gasteiger partial charge in [-0.25, -0.2) is 4.68 Å². The van der Waals surface area contributed by atoms with E-state index in [9.17, 15) is 4.79 Å². The number of hydrogen-bond acceptors (Lipinski definition) is 4. The number of amides is 1. The molecule has 0 bridgehead atoms. The van der Waals surface area contributed by atoms with Crippen LogP contribution < -0.4 is 5.32 Å². The average molecular weight is 444 g/mol. The van der Waals surface area contributed by atoms with Crippen molar-refractivity contribution in [2.24, 2.45) is 0 Å². The lowest BCUT2D eigenvalue weighted by Gasteiger charge is -2.26. The maximum absolute atomic E-state index is 12.8. The molecule has 0 spiro atoms. The SMILES string of the molecule is Cc1cc(C)n(-c2ccc(C(=O)Nc3ccc4c(ccn4CCN4CCOCC4)c3)cc2)n1. The Morgan fingerprint density at radius 3 is 2.52 bits per heavy atom. The normalized spacial score (nSPS) is 14.6. The van der Waals surface area contributed by atoms with Crippen LogP contribution >= 0.6 is 0 Å². The lowest BCUT2D eigenvalue weighted by atomic mass is 10.1. The maximum atomic E-state index is 12.8. The lowest BCUT2D eigenvalue weighted by Crippen LogP contribution is -2.38. The summed E-state index contributed by atoms with van der Waals surface area (Å²) in [5.74, 6) is -0.124. The van der Waals surface area contributed by atoms with Crippen molar-refractivity contribution in [3.8, 4) is 5.69 Å². The van der Waals surface area contributed by atoms with Crippen molar-refractivity contribution in [1.82, 2.24) is 19.2 Å². The number of rotatable bonds is 6. The van der Waals surface area contributed by atoms with Crippen LogP contribution in [0.25, 0.3) is 16.6 Å². The Morgan fingerprint density at radius 1 is 1.00 bits per heavy atom. The highest BCUT2D eigenvalue weighted by Crippen LogP contribution is 2.22. The van der Waals surface area contributed by atoms with Gasteiger partial charge in [-0.15, -0.1) is 0 Å². The number of nitrogens with one attached hydrogen (secondary N) is 1. The molecule has 170 valence electrons. The summed E-state index contributed by atoms with van der Waals surface area (Å²) in [5, 5.41) is 8.64. The summed E-state index contributed by atoms with van der Waals surface area (Å²) in [7, 11) is 0. The number of carbonyl (C=O) groups is 1. The summed E-state index contributed by atoms with van der Waals surface area (Å²) in [6.45, 7) is 9.58. The van der Waals surface area contributed by atoms with Gasteiger partial charge in [0.15, 0.2) is 0 Å². The van der Waals surface area contributed by atoms with Gasteiger partial charge in [-0.2, -0.15) is 5.10 Å². The molecule has 7 nitrogen and oxygen atoms in total. The van der Waals surface area contributed by atoms with Gasteiger partial charge < -0.3 is 14.6 Å². The van der Waals surface area contributed by atoms with E-state index < -0.39 is 0 Å². The number of morpholine rings is 1. The maximum Gasteiger partial charge on any atom is 0.255 e. The fraction of sp³-hybridized carbons (Fsp3) is 0.308. The Morgan fingerprint density at radius 2 is 1.79 bits per heavy atom. The second-order valence-corrected chi connectivity index (χ2v) is 8.58. The number of fused-ring (bicyclic) bond motifs is 1. The van der Waals surface area contributed by atoms with E-state index in [1.807, 2.05) is 61.0 Å². The largest absolute Gasteiger partial charge is 0.379 e. The van der Waals surface area contributed by atoms with Crippen molar-refractivity contribution in [2.75, 3.05) is 38.2 Å².